The predicted octanol–water partition coefficient (Wildman–Crippen LogP) is -0.0756. The lowest BCUT2D eigenvalue weighted by atomic mass is 10.2. The molecule has 3 N–H and O–H groups in total. The van der Waals surface area contributed by atoms with Gasteiger partial charge in [-0.3, -0.25) is 0 Å². The van der Waals surface area contributed by atoms with Crippen LogP contribution in [0.15, 0.2) is 0 Å². The molecule has 0 spiro atoms. The van der Waals surface area contributed by atoms with Crippen molar-refractivity contribution in [2.75, 3.05) is 6.54 Å². The first-order chi connectivity index (χ1) is 8.58. The molecule has 8 nitrogen and oxygen atoms in total. The van der Waals surface area contributed by atoms with Crippen LogP contribution in [-0.2, 0) is 19.1 Å². The molecule has 0 aromatic carbocycles. The van der Waals surface area contributed by atoms with Crippen molar-refractivity contribution >= 4 is 16.2 Å². The molecular weight excluding hydrogens is 276 g/mol. The van der Waals surface area contributed by atoms with Crippen LogP contribution in [0.5, 0.6) is 0 Å². The van der Waals surface area contributed by atoms with Crippen LogP contribution in [0.3, 0.4) is 0 Å². The number of hydrogen-bond donors (Lipinski definition) is 2. The minimum absolute atomic E-state index is 0.316. The monoisotopic (exact) mass is 296 g/mol. The van der Waals surface area contributed by atoms with Crippen molar-refractivity contribution in [2.24, 2.45) is 5.90 Å². The number of likely N-dealkylation sites (tertiary alicyclic amines) is 1. The Balaban J connectivity index is 2.83. The van der Waals surface area contributed by atoms with E-state index in [-0.39, 0.29) is 0 Å². The summed E-state index contributed by atoms with van der Waals surface area (Å²) in [5.74, 6) is 4.62. The summed E-state index contributed by atoms with van der Waals surface area (Å²) in [5, 5.41) is 9.75. The van der Waals surface area contributed by atoms with Gasteiger partial charge in [-0.15, -0.1) is 0 Å². The lowest BCUT2D eigenvalue weighted by Gasteiger charge is -2.30. The van der Waals surface area contributed by atoms with Gasteiger partial charge in [0.25, 0.3) is 0 Å². The number of ether oxygens (including phenoxy) is 1. The first kappa shape index (κ1) is 16.2. The van der Waals surface area contributed by atoms with Crippen molar-refractivity contribution < 1.29 is 27.3 Å². The number of aliphatic hydroxyl groups excluding tert-OH is 1. The standard InChI is InChI=1S/C10H20N2O6S/c1-10(2,3)17-9(14)12-6-4-5-7(12)8(13)19(15,16)18-11/h7-8,13H,4-6,11H2,1-3H3/t7-,8?/m0/s1. The molecule has 1 amide bonds. The average molecular weight is 296 g/mol. The maximum absolute atomic E-state index is 11.9. The maximum Gasteiger partial charge on any atom is 0.410 e. The van der Waals surface area contributed by atoms with E-state index >= 15 is 0 Å². The van der Waals surface area contributed by atoms with Crippen LogP contribution in [0.2, 0.25) is 0 Å². The molecule has 0 saturated carbocycles. The number of carbonyl (C=O) groups excluding carboxylic acids is 1. The smallest absolute Gasteiger partial charge is 0.410 e. The van der Waals surface area contributed by atoms with Gasteiger partial charge in [0.05, 0.1) is 6.04 Å². The molecule has 1 fully saturated rings. The van der Waals surface area contributed by atoms with Gasteiger partial charge in [-0.25, -0.2) is 4.79 Å². The molecule has 112 valence electrons. The summed E-state index contributed by atoms with van der Waals surface area (Å²) in [6.07, 6.45) is 0.241. The zero-order valence-electron chi connectivity index (χ0n) is 11.2. The highest BCUT2D eigenvalue weighted by Gasteiger charge is 2.42. The van der Waals surface area contributed by atoms with E-state index in [9.17, 15) is 18.3 Å². The molecule has 1 saturated heterocycles. The number of amides is 1. The Morgan fingerprint density at radius 1 is 1.47 bits per heavy atom. The summed E-state index contributed by atoms with van der Waals surface area (Å²) in [6, 6.07) is -0.914. The number of rotatable bonds is 3. The van der Waals surface area contributed by atoms with E-state index in [1.807, 2.05) is 0 Å². The van der Waals surface area contributed by atoms with Crippen LogP contribution >= 0.6 is 0 Å². The van der Waals surface area contributed by atoms with Crippen molar-refractivity contribution in [3.63, 3.8) is 0 Å². The summed E-state index contributed by atoms with van der Waals surface area (Å²) >= 11 is 0. The highest BCUT2D eigenvalue weighted by molar-refractivity contribution is 7.87. The molecule has 0 aromatic rings. The Hall–Kier alpha value is -0.900. The van der Waals surface area contributed by atoms with Gasteiger partial charge in [-0.1, -0.05) is 0 Å². The third kappa shape index (κ3) is 4.03. The fraction of sp³-hybridized carbons (Fsp3) is 0.900. The Morgan fingerprint density at radius 2 is 2.05 bits per heavy atom. The second kappa shape index (κ2) is 5.61. The van der Waals surface area contributed by atoms with Gasteiger partial charge in [0.2, 0.25) is 5.44 Å². The van der Waals surface area contributed by atoms with Crippen LogP contribution in [-0.4, -0.2) is 48.1 Å². The zero-order chi connectivity index (χ0) is 14.8. The molecule has 19 heavy (non-hydrogen) atoms. The van der Waals surface area contributed by atoms with Crippen molar-refractivity contribution in [3.05, 3.63) is 0 Å². The largest absolute Gasteiger partial charge is 0.444 e. The number of nitrogens with zero attached hydrogens (tertiary/aromatic N) is 1. The van der Waals surface area contributed by atoms with E-state index in [0.29, 0.717) is 19.4 Å². The lowest BCUT2D eigenvalue weighted by Crippen LogP contribution is -2.48. The van der Waals surface area contributed by atoms with Gasteiger partial charge in [-0.2, -0.15) is 18.6 Å². The molecule has 1 rings (SSSR count). The van der Waals surface area contributed by atoms with Crippen molar-refractivity contribution in [1.82, 2.24) is 4.90 Å². The highest BCUT2D eigenvalue weighted by Crippen LogP contribution is 2.25. The summed E-state index contributed by atoms with van der Waals surface area (Å²) in [4.78, 5) is 13.1. The van der Waals surface area contributed by atoms with E-state index in [2.05, 4.69) is 10.2 Å². The SMILES string of the molecule is CC(C)(C)OC(=O)N1CCC[C@H]1C(O)S(=O)(=O)ON. The molecule has 1 aliphatic heterocycles. The molecule has 1 aliphatic rings. The Morgan fingerprint density at radius 3 is 2.53 bits per heavy atom. The van der Waals surface area contributed by atoms with Gasteiger partial charge < -0.3 is 14.7 Å². The molecule has 0 bridgehead atoms. The van der Waals surface area contributed by atoms with Crippen LogP contribution in [0.25, 0.3) is 0 Å². The Bertz CT molecular complexity index is 430. The van der Waals surface area contributed by atoms with Crippen LogP contribution in [0.1, 0.15) is 33.6 Å². The van der Waals surface area contributed by atoms with Crippen LogP contribution < -0.4 is 5.90 Å². The van der Waals surface area contributed by atoms with Crippen molar-refractivity contribution in [1.29, 1.82) is 0 Å². The predicted molar refractivity (Wildman–Crippen MR) is 66.2 cm³/mol. The third-order valence-electron chi connectivity index (χ3n) is 2.69. The van der Waals surface area contributed by atoms with E-state index in [1.165, 1.54) is 4.90 Å². The third-order valence-corrected chi connectivity index (χ3v) is 3.86. The molecule has 0 radical (unpaired) electrons. The van der Waals surface area contributed by atoms with Crippen LogP contribution in [0.4, 0.5) is 4.79 Å². The lowest BCUT2D eigenvalue weighted by molar-refractivity contribution is 0.0135. The summed E-state index contributed by atoms with van der Waals surface area (Å²) in [7, 11) is -4.31. The zero-order valence-corrected chi connectivity index (χ0v) is 12.0. The maximum atomic E-state index is 11.9. The molecule has 0 aliphatic carbocycles. The highest BCUT2D eigenvalue weighted by atomic mass is 32.2. The number of nitrogens with two attached hydrogens (primary N) is 1. The van der Waals surface area contributed by atoms with Crippen LogP contribution in [0, 0.1) is 0 Å². The van der Waals surface area contributed by atoms with Gasteiger partial charge in [0.15, 0.2) is 0 Å². The number of carbonyl (C=O) groups is 1. The fourth-order valence-electron chi connectivity index (χ4n) is 1.89. The van der Waals surface area contributed by atoms with Crippen molar-refractivity contribution in [3.8, 4) is 0 Å². The normalized spacial score (nSPS) is 22.4. The number of hydrogen-bond acceptors (Lipinski definition) is 7. The van der Waals surface area contributed by atoms with Crippen molar-refractivity contribution in [2.45, 2.75) is 50.7 Å². The van der Waals surface area contributed by atoms with E-state index in [4.69, 9.17) is 4.74 Å². The van der Waals surface area contributed by atoms with Gasteiger partial charge in [0.1, 0.15) is 5.60 Å². The Labute approximate surface area is 112 Å². The topological polar surface area (TPSA) is 119 Å². The second-order valence-corrected chi connectivity index (χ2v) is 7.02. The van der Waals surface area contributed by atoms with Gasteiger partial charge in [0, 0.05) is 6.54 Å². The van der Waals surface area contributed by atoms with Gasteiger partial charge in [-0.05, 0) is 33.6 Å². The first-order valence-corrected chi connectivity index (χ1v) is 7.35. The van der Waals surface area contributed by atoms with Gasteiger partial charge >= 0.3 is 16.2 Å². The number of aliphatic hydroxyl groups is 1. The molecular formula is C10H20N2O6S. The fourth-order valence-corrected chi connectivity index (χ4v) is 2.67. The average Bonchev–Trinajstić information content (AvgIpc) is 2.74. The minimum atomic E-state index is -4.31. The second-order valence-electron chi connectivity index (χ2n) is 5.36. The quantitative estimate of drug-likeness (QED) is 0.699. The summed E-state index contributed by atoms with van der Waals surface area (Å²) in [5.41, 5.74) is -2.58. The van der Waals surface area contributed by atoms with E-state index < -0.39 is 33.3 Å². The molecule has 9 heteroatoms. The first-order valence-electron chi connectivity index (χ1n) is 5.88. The molecule has 2 atom stereocenters. The molecule has 1 unspecified atom stereocenters. The molecule has 0 aromatic heterocycles. The summed E-state index contributed by atoms with van der Waals surface area (Å²) in [6.45, 7) is 5.42. The summed E-state index contributed by atoms with van der Waals surface area (Å²) < 4.78 is 31.7. The Kier molecular flexibility index (Phi) is 4.77. The molecule has 1 heterocycles. The van der Waals surface area contributed by atoms with E-state index in [1.54, 1.807) is 20.8 Å². The van der Waals surface area contributed by atoms with E-state index in [0.717, 1.165) is 0 Å². The minimum Gasteiger partial charge on any atom is -0.444 e.